The predicted molar refractivity (Wildman–Crippen MR) is 81.8 cm³/mol. The minimum atomic E-state index is -0.508. The lowest BCUT2D eigenvalue weighted by Gasteiger charge is -2.35. The minimum Gasteiger partial charge on any atom is -0.453 e. The molecule has 0 radical (unpaired) electrons. The molecule has 0 spiro atoms. The summed E-state index contributed by atoms with van der Waals surface area (Å²) >= 11 is 0. The monoisotopic (exact) mass is 295 g/mol. The second-order valence-electron chi connectivity index (χ2n) is 7.44. The third kappa shape index (κ3) is 3.09. The molecule has 0 heterocycles. The largest absolute Gasteiger partial charge is 0.453 e. The van der Waals surface area contributed by atoms with Crippen LogP contribution in [0, 0.1) is 35.5 Å². The molecule has 0 saturated heterocycles. The summed E-state index contributed by atoms with van der Waals surface area (Å²) in [5, 5.41) is 2.75. The minimum absolute atomic E-state index is 0.0866. The highest BCUT2D eigenvalue weighted by Crippen LogP contribution is 2.55. The lowest BCUT2D eigenvalue weighted by Crippen LogP contribution is -2.49. The SMILES string of the molecule is COC(=O)N[C@H](C(=O)C1[C@@H]2CC[C@@H](C2)[C@H]1C(C)C)C(C)C. The van der Waals surface area contributed by atoms with Crippen LogP contribution in [-0.2, 0) is 9.53 Å². The van der Waals surface area contributed by atoms with E-state index >= 15 is 0 Å². The number of ketones is 1. The lowest BCUT2D eigenvalue weighted by molar-refractivity contribution is -0.130. The molecule has 4 nitrogen and oxygen atoms in total. The van der Waals surface area contributed by atoms with Crippen molar-refractivity contribution >= 4 is 11.9 Å². The number of rotatable bonds is 5. The summed E-state index contributed by atoms with van der Waals surface area (Å²) in [6.07, 6.45) is 3.13. The van der Waals surface area contributed by atoms with Gasteiger partial charge in [-0.1, -0.05) is 27.7 Å². The number of hydrogen-bond acceptors (Lipinski definition) is 3. The van der Waals surface area contributed by atoms with Crippen molar-refractivity contribution in [1.29, 1.82) is 0 Å². The summed E-state index contributed by atoms with van der Waals surface area (Å²) in [5.74, 6) is 2.67. The van der Waals surface area contributed by atoms with Crippen LogP contribution in [0.25, 0.3) is 0 Å². The Morgan fingerprint density at radius 1 is 1.10 bits per heavy atom. The van der Waals surface area contributed by atoms with Crippen LogP contribution in [-0.4, -0.2) is 25.0 Å². The van der Waals surface area contributed by atoms with E-state index < -0.39 is 12.1 Å². The van der Waals surface area contributed by atoms with Crippen LogP contribution >= 0.6 is 0 Å². The van der Waals surface area contributed by atoms with Gasteiger partial charge in [0.05, 0.1) is 13.2 Å². The van der Waals surface area contributed by atoms with Gasteiger partial charge >= 0.3 is 6.09 Å². The number of carbonyl (C=O) groups excluding carboxylic acids is 2. The Kier molecular flexibility index (Phi) is 4.95. The van der Waals surface area contributed by atoms with Gasteiger partial charge in [-0.25, -0.2) is 4.79 Å². The molecule has 0 aromatic carbocycles. The predicted octanol–water partition coefficient (Wildman–Crippen LogP) is 3.25. The van der Waals surface area contributed by atoms with Gasteiger partial charge in [-0.3, -0.25) is 4.79 Å². The van der Waals surface area contributed by atoms with Crippen molar-refractivity contribution in [2.75, 3.05) is 7.11 Å². The maximum absolute atomic E-state index is 13.1. The molecule has 1 unspecified atom stereocenters. The van der Waals surface area contributed by atoms with E-state index in [1.165, 1.54) is 26.4 Å². The van der Waals surface area contributed by atoms with Gasteiger partial charge in [0.15, 0.2) is 5.78 Å². The first-order chi connectivity index (χ1) is 9.86. The number of Topliss-reactive ketones (excluding diaryl/α,β-unsaturated/α-hetero) is 1. The second kappa shape index (κ2) is 6.37. The fourth-order valence-corrected chi connectivity index (χ4v) is 4.68. The van der Waals surface area contributed by atoms with Crippen molar-refractivity contribution in [3.05, 3.63) is 0 Å². The molecular formula is C17H29NO3. The average Bonchev–Trinajstić information content (AvgIpc) is 3.03. The van der Waals surface area contributed by atoms with Crippen molar-refractivity contribution in [2.24, 2.45) is 35.5 Å². The third-order valence-electron chi connectivity index (χ3n) is 5.51. The van der Waals surface area contributed by atoms with Gasteiger partial charge in [0.2, 0.25) is 0 Å². The van der Waals surface area contributed by atoms with Crippen LogP contribution in [0.3, 0.4) is 0 Å². The van der Waals surface area contributed by atoms with Gasteiger partial charge in [0.25, 0.3) is 0 Å². The fourth-order valence-electron chi connectivity index (χ4n) is 4.68. The molecule has 1 N–H and O–H groups in total. The molecule has 5 atom stereocenters. The Morgan fingerprint density at radius 3 is 2.24 bits per heavy atom. The number of ether oxygens (including phenoxy) is 1. The van der Waals surface area contributed by atoms with Crippen LogP contribution in [0.5, 0.6) is 0 Å². The van der Waals surface area contributed by atoms with E-state index in [1.54, 1.807) is 0 Å². The molecule has 0 aliphatic heterocycles. The van der Waals surface area contributed by atoms with E-state index in [0.717, 1.165) is 0 Å². The highest BCUT2D eigenvalue weighted by molar-refractivity contribution is 5.90. The molecular weight excluding hydrogens is 266 g/mol. The number of carbonyl (C=O) groups is 2. The zero-order chi connectivity index (χ0) is 15.7. The molecule has 120 valence electrons. The Balaban J connectivity index is 2.17. The summed E-state index contributed by atoms with van der Waals surface area (Å²) < 4.78 is 4.68. The van der Waals surface area contributed by atoms with E-state index in [9.17, 15) is 9.59 Å². The summed E-state index contributed by atoms with van der Waals surface area (Å²) in [4.78, 5) is 24.6. The Morgan fingerprint density at radius 2 is 1.71 bits per heavy atom. The molecule has 2 aliphatic carbocycles. The van der Waals surface area contributed by atoms with Gasteiger partial charge in [0, 0.05) is 5.92 Å². The molecule has 0 aromatic rings. The molecule has 2 fully saturated rings. The molecule has 2 saturated carbocycles. The summed E-state index contributed by atoms with van der Waals surface area (Å²) in [6, 6.07) is -0.428. The first-order valence-corrected chi connectivity index (χ1v) is 8.25. The fraction of sp³-hybridized carbons (Fsp3) is 0.882. The van der Waals surface area contributed by atoms with Crippen LogP contribution in [0.1, 0.15) is 47.0 Å². The van der Waals surface area contributed by atoms with Gasteiger partial charge < -0.3 is 10.1 Å². The van der Waals surface area contributed by atoms with E-state index in [1.807, 2.05) is 13.8 Å². The molecule has 2 rings (SSSR count). The van der Waals surface area contributed by atoms with E-state index in [4.69, 9.17) is 0 Å². The van der Waals surface area contributed by atoms with Crippen molar-refractivity contribution < 1.29 is 14.3 Å². The number of alkyl carbamates (subject to hydrolysis) is 1. The molecule has 2 aliphatic rings. The number of hydrogen-bond donors (Lipinski definition) is 1. The number of amides is 1. The zero-order valence-electron chi connectivity index (χ0n) is 13.9. The number of fused-ring (bicyclic) bond motifs is 2. The average molecular weight is 295 g/mol. The highest BCUT2D eigenvalue weighted by Gasteiger charge is 2.52. The van der Waals surface area contributed by atoms with Crippen LogP contribution < -0.4 is 5.32 Å². The summed E-state index contributed by atoms with van der Waals surface area (Å²) in [5.41, 5.74) is 0. The summed E-state index contributed by atoms with van der Waals surface area (Å²) in [6.45, 7) is 8.42. The van der Waals surface area contributed by atoms with Gasteiger partial charge in [-0.2, -0.15) is 0 Å². The Bertz CT molecular complexity index is 405. The van der Waals surface area contributed by atoms with Crippen LogP contribution in [0.15, 0.2) is 0 Å². The first-order valence-electron chi connectivity index (χ1n) is 8.25. The molecule has 4 heteroatoms. The van der Waals surface area contributed by atoms with E-state index in [-0.39, 0.29) is 17.6 Å². The van der Waals surface area contributed by atoms with E-state index in [0.29, 0.717) is 23.7 Å². The maximum Gasteiger partial charge on any atom is 0.407 e. The van der Waals surface area contributed by atoms with E-state index in [2.05, 4.69) is 23.9 Å². The van der Waals surface area contributed by atoms with Crippen LogP contribution in [0.4, 0.5) is 4.79 Å². The normalized spacial score (nSPS) is 32.5. The topological polar surface area (TPSA) is 55.4 Å². The molecule has 21 heavy (non-hydrogen) atoms. The highest BCUT2D eigenvalue weighted by atomic mass is 16.5. The lowest BCUT2D eigenvalue weighted by atomic mass is 9.69. The third-order valence-corrected chi connectivity index (χ3v) is 5.51. The van der Waals surface area contributed by atoms with Gasteiger partial charge in [-0.15, -0.1) is 0 Å². The molecule has 1 amide bonds. The van der Waals surface area contributed by atoms with Crippen molar-refractivity contribution in [3.63, 3.8) is 0 Å². The zero-order valence-corrected chi connectivity index (χ0v) is 13.9. The van der Waals surface area contributed by atoms with Crippen LogP contribution in [0.2, 0.25) is 0 Å². The smallest absolute Gasteiger partial charge is 0.407 e. The second-order valence-corrected chi connectivity index (χ2v) is 7.44. The maximum atomic E-state index is 13.1. The van der Waals surface area contributed by atoms with Gasteiger partial charge in [-0.05, 0) is 48.9 Å². The quantitative estimate of drug-likeness (QED) is 0.847. The van der Waals surface area contributed by atoms with Crippen molar-refractivity contribution in [1.82, 2.24) is 5.32 Å². The Labute approximate surface area is 128 Å². The standard InChI is InChI=1S/C17H29NO3/c1-9(2)13-11-6-7-12(8-11)14(13)16(19)15(10(3)4)18-17(20)21-5/h9-15H,6-8H2,1-5H3,(H,18,20)/t11-,12+,13+,14?,15-/m0/s1. The molecule has 2 bridgehead atoms. The molecule has 0 aromatic heterocycles. The van der Waals surface area contributed by atoms with Crippen molar-refractivity contribution in [2.45, 2.75) is 53.0 Å². The van der Waals surface area contributed by atoms with Crippen molar-refractivity contribution in [3.8, 4) is 0 Å². The number of methoxy groups -OCH3 is 1. The summed E-state index contributed by atoms with van der Waals surface area (Å²) in [7, 11) is 1.34. The number of nitrogens with one attached hydrogen (secondary N) is 1. The Hall–Kier alpha value is -1.06. The van der Waals surface area contributed by atoms with Gasteiger partial charge in [0.1, 0.15) is 0 Å². The first kappa shape index (κ1) is 16.3.